The Hall–Kier alpha value is -4.33. The number of nitrogens with zero attached hydrogens (tertiary/aromatic N) is 4. The molecule has 0 atom stereocenters. The Morgan fingerprint density at radius 3 is 2.39 bits per heavy atom. The highest BCUT2D eigenvalue weighted by Gasteiger charge is 2.24. The first kappa shape index (κ1) is 26.7. The zero-order chi connectivity index (χ0) is 26.9. The minimum absolute atomic E-state index is 0.0891. The Labute approximate surface area is 231 Å². The maximum atomic E-state index is 13.2. The first-order valence-corrected chi connectivity index (χ1v) is 13.1. The van der Waals surface area contributed by atoms with Gasteiger partial charge < -0.3 is 14.5 Å². The molecule has 1 aliphatic heterocycles. The molecule has 0 saturated carbocycles. The lowest BCUT2D eigenvalue weighted by molar-refractivity contribution is -0.126. The summed E-state index contributed by atoms with van der Waals surface area (Å²) in [7, 11) is 0. The van der Waals surface area contributed by atoms with Gasteiger partial charge in [-0.05, 0) is 69.9 Å². The lowest BCUT2D eigenvalue weighted by Gasteiger charge is -2.36. The van der Waals surface area contributed by atoms with Crippen LogP contribution in [-0.2, 0) is 17.8 Å². The molecule has 1 aliphatic rings. The molecule has 0 spiro atoms. The van der Waals surface area contributed by atoms with E-state index in [0.717, 1.165) is 16.8 Å². The van der Waals surface area contributed by atoms with Gasteiger partial charge in [0.25, 0.3) is 5.91 Å². The molecule has 6 nitrogen and oxygen atoms in total. The van der Waals surface area contributed by atoms with Gasteiger partial charge >= 0.3 is 0 Å². The van der Waals surface area contributed by atoms with Crippen LogP contribution in [0.4, 0.5) is 5.69 Å². The van der Waals surface area contributed by atoms with Crippen LogP contribution in [0.5, 0.6) is 5.75 Å². The minimum Gasteiger partial charge on any atom is -0.487 e. The molecule has 0 radical (unpaired) electrons. The van der Waals surface area contributed by atoms with Gasteiger partial charge in [-0.1, -0.05) is 42.5 Å². The number of amides is 1. The van der Waals surface area contributed by atoms with Crippen LogP contribution in [-0.4, -0.2) is 37.0 Å². The van der Waals surface area contributed by atoms with Gasteiger partial charge in [-0.2, -0.15) is 10.5 Å². The number of para-hydroxylation sites is 1. The molecule has 1 fully saturated rings. The van der Waals surface area contributed by atoms with Crippen LogP contribution >= 0.6 is 15.9 Å². The van der Waals surface area contributed by atoms with Crippen molar-refractivity contribution in [2.45, 2.75) is 13.0 Å². The Morgan fingerprint density at radius 1 is 1.00 bits per heavy atom. The predicted molar refractivity (Wildman–Crippen MR) is 152 cm³/mol. The summed E-state index contributed by atoms with van der Waals surface area (Å²) in [5.74, 6) is 0.367. The van der Waals surface area contributed by atoms with E-state index in [9.17, 15) is 15.3 Å². The van der Waals surface area contributed by atoms with Crippen LogP contribution in [0, 0.1) is 22.7 Å². The van der Waals surface area contributed by atoms with Crippen molar-refractivity contribution in [3.8, 4) is 17.9 Å². The molecule has 0 unspecified atom stereocenters. The van der Waals surface area contributed by atoms with Crippen molar-refractivity contribution in [2.75, 3.05) is 31.1 Å². The topological polar surface area (TPSA) is 80.4 Å². The van der Waals surface area contributed by atoms with Crippen molar-refractivity contribution in [2.24, 2.45) is 0 Å². The largest absolute Gasteiger partial charge is 0.487 e. The summed E-state index contributed by atoms with van der Waals surface area (Å²) in [6, 6.07) is 25.4. The van der Waals surface area contributed by atoms with Gasteiger partial charge in [0.1, 0.15) is 24.0 Å². The van der Waals surface area contributed by atoms with E-state index in [0.29, 0.717) is 53.9 Å². The highest BCUT2D eigenvalue weighted by Crippen LogP contribution is 2.33. The van der Waals surface area contributed by atoms with Crippen LogP contribution in [0.15, 0.2) is 89.4 Å². The highest BCUT2D eigenvalue weighted by atomic mass is 79.9. The maximum Gasteiger partial charge on any atom is 0.264 e. The van der Waals surface area contributed by atoms with E-state index in [4.69, 9.17) is 4.74 Å². The quantitative estimate of drug-likeness (QED) is 0.193. The molecule has 3 aromatic carbocycles. The molecule has 0 bridgehead atoms. The lowest BCUT2D eigenvalue weighted by Crippen LogP contribution is -2.49. The molecule has 38 heavy (non-hydrogen) atoms. The second kappa shape index (κ2) is 12.8. The number of nitriles is 2. The predicted octanol–water partition coefficient (Wildman–Crippen LogP) is 5.88. The van der Waals surface area contributed by atoms with Gasteiger partial charge in [0.2, 0.25) is 0 Å². The van der Waals surface area contributed by atoms with Crippen LogP contribution in [0.1, 0.15) is 22.3 Å². The normalized spacial score (nSPS) is 13.4. The summed E-state index contributed by atoms with van der Waals surface area (Å²) < 4.78 is 6.81. The van der Waals surface area contributed by atoms with Gasteiger partial charge in [0.15, 0.2) is 0 Å². The zero-order valence-corrected chi connectivity index (χ0v) is 22.5. The van der Waals surface area contributed by atoms with Crippen molar-refractivity contribution in [1.82, 2.24) is 4.90 Å². The summed E-state index contributed by atoms with van der Waals surface area (Å²) in [4.78, 5) is 17.2. The van der Waals surface area contributed by atoms with Gasteiger partial charge in [0, 0.05) is 37.4 Å². The van der Waals surface area contributed by atoms with Crippen molar-refractivity contribution >= 4 is 33.6 Å². The summed E-state index contributed by atoms with van der Waals surface area (Å²) in [5, 5.41) is 19.2. The smallest absolute Gasteiger partial charge is 0.264 e. The minimum atomic E-state index is -0.268. The average molecular weight is 567 g/mol. The average Bonchev–Trinajstić information content (AvgIpc) is 2.96. The summed E-state index contributed by atoms with van der Waals surface area (Å²) >= 11 is 3.59. The number of allylic oxidation sites excluding steroid dienone is 1. The molecule has 1 heterocycles. The molecular formula is C31H27BrN4O2. The molecule has 0 N–H and O–H groups in total. The van der Waals surface area contributed by atoms with E-state index in [1.54, 1.807) is 23.1 Å². The van der Waals surface area contributed by atoms with Crippen LogP contribution in [0.2, 0.25) is 0 Å². The van der Waals surface area contributed by atoms with Gasteiger partial charge in [-0.3, -0.25) is 4.79 Å². The monoisotopic (exact) mass is 566 g/mol. The van der Waals surface area contributed by atoms with E-state index in [1.165, 1.54) is 0 Å². The summed E-state index contributed by atoms with van der Waals surface area (Å²) in [6.45, 7) is 6.61. The van der Waals surface area contributed by atoms with E-state index < -0.39 is 0 Å². The zero-order valence-electron chi connectivity index (χ0n) is 20.9. The maximum absolute atomic E-state index is 13.2. The summed E-state index contributed by atoms with van der Waals surface area (Å²) in [5.41, 5.74) is 4.15. The second-order valence-electron chi connectivity index (χ2n) is 8.83. The SMILES string of the molecule is C=CCc1cc(/C=C(/C#N)C(=O)N2CCN(c3ccccc3)CC2)cc(Br)c1OCc1ccccc1C#N. The molecule has 1 saturated heterocycles. The number of rotatable bonds is 8. The van der Waals surface area contributed by atoms with Gasteiger partial charge in [-0.25, -0.2) is 0 Å². The van der Waals surface area contributed by atoms with E-state index in [1.807, 2.05) is 48.5 Å². The number of hydrogen-bond donors (Lipinski definition) is 0. The molecule has 1 amide bonds. The Balaban J connectivity index is 1.51. The van der Waals surface area contributed by atoms with E-state index >= 15 is 0 Å². The number of halogens is 1. The Kier molecular flexibility index (Phi) is 8.98. The lowest BCUT2D eigenvalue weighted by atomic mass is 10.0. The molecule has 0 aliphatic carbocycles. The molecule has 7 heteroatoms. The fourth-order valence-corrected chi connectivity index (χ4v) is 5.05. The van der Waals surface area contributed by atoms with Crippen molar-refractivity contribution in [3.05, 3.63) is 112 Å². The van der Waals surface area contributed by atoms with Crippen LogP contribution in [0.25, 0.3) is 6.08 Å². The first-order chi connectivity index (χ1) is 18.5. The number of benzene rings is 3. The fourth-order valence-electron chi connectivity index (χ4n) is 4.42. The molecule has 3 aromatic rings. The van der Waals surface area contributed by atoms with Crippen LogP contribution in [0.3, 0.4) is 0 Å². The number of ether oxygens (including phenoxy) is 1. The number of carbonyl (C=O) groups excluding carboxylic acids is 1. The third-order valence-electron chi connectivity index (χ3n) is 6.37. The van der Waals surface area contributed by atoms with Crippen molar-refractivity contribution < 1.29 is 9.53 Å². The van der Waals surface area contributed by atoms with Crippen molar-refractivity contribution in [1.29, 1.82) is 10.5 Å². The molecule has 0 aromatic heterocycles. The number of anilines is 1. The van der Waals surface area contributed by atoms with Crippen molar-refractivity contribution in [3.63, 3.8) is 0 Å². The first-order valence-electron chi connectivity index (χ1n) is 12.3. The fraction of sp³-hybridized carbons (Fsp3) is 0.194. The third-order valence-corrected chi connectivity index (χ3v) is 6.96. The van der Waals surface area contributed by atoms with Crippen LogP contribution < -0.4 is 9.64 Å². The molecule has 190 valence electrons. The molecular weight excluding hydrogens is 540 g/mol. The van der Waals surface area contributed by atoms with Gasteiger partial charge in [0.05, 0.1) is 16.1 Å². The number of carbonyl (C=O) groups is 1. The number of piperazine rings is 1. The Morgan fingerprint density at radius 2 is 1.71 bits per heavy atom. The highest BCUT2D eigenvalue weighted by molar-refractivity contribution is 9.10. The standard InChI is InChI=1S/C31H27BrN4O2/c1-2-8-24-17-23(19-29(32)30(24)38-22-26-10-7-6-9-25(26)20-33)18-27(21-34)31(37)36-15-13-35(14-16-36)28-11-4-3-5-12-28/h2-7,9-12,17-19H,1,8,13-16,22H2/b27-18-. The second-order valence-corrected chi connectivity index (χ2v) is 9.68. The summed E-state index contributed by atoms with van der Waals surface area (Å²) in [6.07, 6.45) is 3.93. The van der Waals surface area contributed by atoms with E-state index in [2.05, 4.69) is 51.7 Å². The molecule has 4 rings (SSSR count). The van der Waals surface area contributed by atoms with E-state index in [-0.39, 0.29) is 18.1 Å². The number of hydrogen-bond acceptors (Lipinski definition) is 5. The third kappa shape index (κ3) is 6.32. The van der Waals surface area contributed by atoms with Gasteiger partial charge in [-0.15, -0.1) is 6.58 Å². The Bertz CT molecular complexity index is 1430.